The summed E-state index contributed by atoms with van der Waals surface area (Å²) in [5.41, 5.74) is 2.52. The van der Waals surface area contributed by atoms with Gasteiger partial charge in [-0.15, -0.1) is 5.10 Å². The Balaban J connectivity index is 1.45. The number of carbonyl (C=O) groups excluding carboxylic acids is 1. The lowest BCUT2D eigenvalue weighted by molar-refractivity contribution is -0.140. The molecule has 2 aromatic rings. The molecule has 0 radical (unpaired) electrons. The fourth-order valence-corrected chi connectivity index (χ4v) is 5.10. The Morgan fingerprint density at radius 1 is 1.15 bits per heavy atom. The molecule has 2 aliphatic rings. The highest BCUT2D eigenvalue weighted by Crippen LogP contribution is 2.39. The van der Waals surface area contributed by atoms with Crippen molar-refractivity contribution in [3.05, 3.63) is 46.5 Å². The third kappa shape index (κ3) is 3.81. The van der Waals surface area contributed by atoms with Crippen molar-refractivity contribution in [3.8, 4) is 0 Å². The van der Waals surface area contributed by atoms with Crippen LogP contribution < -0.4 is 0 Å². The molecule has 0 unspecified atom stereocenters. The molecule has 1 aromatic heterocycles. The number of rotatable bonds is 4. The van der Waals surface area contributed by atoms with Crippen molar-refractivity contribution in [1.82, 2.24) is 19.4 Å². The zero-order valence-corrected chi connectivity index (χ0v) is 16.2. The second-order valence-electron chi connectivity index (χ2n) is 7.83. The molecule has 6 heteroatoms. The number of likely N-dealkylation sites (tertiary alicyclic amines) is 2. The molecular formula is C20H26N4OS. The van der Waals surface area contributed by atoms with Crippen LogP contribution in [0, 0.1) is 12.3 Å². The highest BCUT2D eigenvalue weighted by atomic mass is 32.1. The van der Waals surface area contributed by atoms with Crippen molar-refractivity contribution in [2.24, 2.45) is 5.41 Å². The molecule has 4 rings (SSSR count). The van der Waals surface area contributed by atoms with Crippen LogP contribution >= 0.6 is 11.5 Å². The topological polar surface area (TPSA) is 49.3 Å². The molecule has 0 aliphatic carbocycles. The van der Waals surface area contributed by atoms with Crippen LogP contribution in [0.15, 0.2) is 30.3 Å². The van der Waals surface area contributed by atoms with Gasteiger partial charge in [-0.05, 0) is 49.8 Å². The summed E-state index contributed by atoms with van der Waals surface area (Å²) in [5.74, 6) is 0.305. The first kappa shape index (κ1) is 17.6. The van der Waals surface area contributed by atoms with Crippen molar-refractivity contribution in [3.63, 3.8) is 0 Å². The van der Waals surface area contributed by atoms with E-state index in [0.29, 0.717) is 12.3 Å². The third-order valence-corrected chi connectivity index (χ3v) is 6.63. The number of nitrogens with zero attached hydrogens (tertiary/aromatic N) is 4. The fraction of sp³-hybridized carbons (Fsp3) is 0.550. The van der Waals surface area contributed by atoms with Gasteiger partial charge in [0.25, 0.3) is 0 Å². The summed E-state index contributed by atoms with van der Waals surface area (Å²) in [4.78, 5) is 18.4. The largest absolute Gasteiger partial charge is 0.338 e. The maximum absolute atomic E-state index is 12.5. The van der Waals surface area contributed by atoms with Gasteiger partial charge in [-0.1, -0.05) is 34.8 Å². The van der Waals surface area contributed by atoms with Gasteiger partial charge in [0.1, 0.15) is 0 Å². The second kappa shape index (κ2) is 7.45. The molecule has 0 N–H and O–H groups in total. The number of amides is 1. The van der Waals surface area contributed by atoms with Crippen LogP contribution in [-0.4, -0.2) is 44.9 Å². The number of hydrogen-bond acceptors (Lipinski definition) is 5. The maximum Gasteiger partial charge on any atom is 0.222 e. The Hall–Kier alpha value is -1.79. The third-order valence-electron chi connectivity index (χ3n) is 5.82. The molecule has 1 spiro atoms. The number of hydrogen-bond donors (Lipinski definition) is 0. The van der Waals surface area contributed by atoms with E-state index >= 15 is 0 Å². The predicted molar refractivity (Wildman–Crippen MR) is 103 cm³/mol. The van der Waals surface area contributed by atoms with Crippen LogP contribution in [0.3, 0.4) is 0 Å². The summed E-state index contributed by atoms with van der Waals surface area (Å²) < 4.78 is 4.07. The average Bonchev–Trinajstić information content (AvgIpc) is 3.04. The van der Waals surface area contributed by atoms with Gasteiger partial charge in [0, 0.05) is 38.0 Å². The van der Waals surface area contributed by atoms with E-state index in [-0.39, 0.29) is 5.41 Å². The number of aryl methyl sites for hydroxylation is 1. The number of benzene rings is 1. The minimum absolute atomic E-state index is 0.243. The number of carbonyl (C=O) groups is 1. The van der Waals surface area contributed by atoms with E-state index in [4.69, 9.17) is 0 Å². The Morgan fingerprint density at radius 3 is 2.77 bits per heavy atom. The first-order valence-electron chi connectivity index (χ1n) is 9.45. The summed E-state index contributed by atoms with van der Waals surface area (Å²) >= 11 is 1.51. The second-order valence-corrected chi connectivity index (χ2v) is 8.67. The number of aromatic nitrogens is 2. The molecule has 0 bridgehead atoms. The summed E-state index contributed by atoms with van der Waals surface area (Å²) in [7, 11) is 0. The van der Waals surface area contributed by atoms with Crippen LogP contribution in [-0.2, 0) is 17.9 Å². The van der Waals surface area contributed by atoms with Gasteiger partial charge in [-0.25, -0.2) is 0 Å². The van der Waals surface area contributed by atoms with Crippen LogP contribution in [0.25, 0.3) is 0 Å². The van der Waals surface area contributed by atoms with E-state index in [1.165, 1.54) is 34.8 Å². The summed E-state index contributed by atoms with van der Waals surface area (Å²) in [6, 6.07) is 10.3. The van der Waals surface area contributed by atoms with Crippen molar-refractivity contribution in [2.75, 3.05) is 19.6 Å². The Morgan fingerprint density at radius 2 is 2.00 bits per heavy atom. The Labute approximate surface area is 159 Å². The highest BCUT2D eigenvalue weighted by Gasteiger charge is 2.41. The molecule has 2 saturated heterocycles. The monoisotopic (exact) mass is 370 g/mol. The summed E-state index contributed by atoms with van der Waals surface area (Å²) in [5, 5.41) is 4.14. The van der Waals surface area contributed by atoms with Gasteiger partial charge < -0.3 is 4.90 Å². The van der Waals surface area contributed by atoms with Crippen LogP contribution in [0.1, 0.15) is 41.8 Å². The first-order chi connectivity index (χ1) is 12.6. The molecule has 1 atom stereocenters. The minimum atomic E-state index is 0.243. The molecular weight excluding hydrogens is 344 g/mol. The molecule has 0 saturated carbocycles. The lowest BCUT2D eigenvalue weighted by Gasteiger charge is -2.48. The van der Waals surface area contributed by atoms with Gasteiger partial charge in [-0.3, -0.25) is 9.69 Å². The molecule has 26 heavy (non-hydrogen) atoms. The summed E-state index contributed by atoms with van der Waals surface area (Å²) in [6.07, 6.45) is 4.13. The Bertz CT molecular complexity index is 762. The molecule has 1 aromatic carbocycles. The molecule has 138 valence electrons. The lowest BCUT2D eigenvalue weighted by atomic mass is 9.73. The van der Waals surface area contributed by atoms with Crippen molar-refractivity contribution in [1.29, 1.82) is 0 Å². The zero-order chi connectivity index (χ0) is 18.0. The predicted octanol–water partition coefficient (Wildman–Crippen LogP) is 3.25. The SMILES string of the molecule is Cc1nnsc1CN1CCC[C@]2(CCC(=O)N(Cc3ccccc3)C2)C1. The van der Waals surface area contributed by atoms with E-state index in [2.05, 4.69) is 31.5 Å². The van der Waals surface area contributed by atoms with Crippen molar-refractivity contribution < 1.29 is 4.79 Å². The smallest absolute Gasteiger partial charge is 0.222 e. The number of piperidine rings is 2. The zero-order valence-electron chi connectivity index (χ0n) is 15.4. The van der Waals surface area contributed by atoms with E-state index in [1.807, 2.05) is 25.1 Å². The van der Waals surface area contributed by atoms with Crippen LogP contribution in [0.5, 0.6) is 0 Å². The molecule has 2 fully saturated rings. The standard InChI is InChI=1S/C20H26N4OS/c1-16-18(26-22-21-16)13-23-11-5-9-20(14-23)10-8-19(25)24(15-20)12-17-6-3-2-4-7-17/h2-4,6-7H,5,8-15H2,1H3/t20-/m0/s1. The van der Waals surface area contributed by atoms with E-state index < -0.39 is 0 Å². The maximum atomic E-state index is 12.5. The van der Waals surface area contributed by atoms with Gasteiger partial charge in [0.2, 0.25) is 5.91 Å². The van der Waals surface area contributed by atoms with Gasteiger partial charge in [0.05, 0.1) is 10.6 Å². The first-order valence-corrected chi connectivity index (χ1v) is 10.2. The lowest BCUT2D eigenvalue weighted by Crippen LogP contribution is -2.53. The molecule has 2 aliphatic heterocycles. The molecule has 3 heterocycles. The normalized spacial score (nSPS) is 24.3. The average molecular weight is 371 g/mol. The van der Waals surface area contributed by atoms with Crippen LogP contribution in [0.4, 0.5) is 0 Å². The van der Waals surface area contributed by atoms with Crippen molar-refractivity contribution in [2.45, 2.75) is 45.7 Å². The molecule has 1 amide bonds. The van der Waals surface area contributed by atoms with E-state index in [0.717, 1.165) is 44.8 Å². The van der Waals surface area contributed by atoms with Gasteiger partial charge in [-0.2, -0.15) is 0 Å². The van der Waals surface area contributed by atoms with Gasteiger partial charge in [0.15, 0.2) is 0 Å². The fourth-order valence-electron chi connectivity index (χ4n) is 4.43. The quantitative estimate of drug-likeness (QED) is 0.829. The van der Waals surface area contributed by atoms with Crippen molar-refractivity contribution >= 4 is 17.4 Å². The molecule has 5 nitrogen and oxygen atoms in total. The highest BCUT2D eigenvalue weighted by molar-refractivity contribution is 7.05. The van der Waals surface area contributed by atoms with Crippen LogP contribution in [0.2, 0.25) is 0 Å². The summed E-state index contributed by atoms with van der Waals surface area (Å²) in [6.45, 7) is 6.81. The Kier molecular flexibility index (Phi) is 5.05. The van der Waals surface area contributed by atoms with E-state index in [1.54, 1.807) is 0 Å². The minimum Gasteiger partial charge on any atom is -0.338 e. The van der Waals surface area contributed by atoms with Gasteiger partial charge >= 0.3 is 0 Å². The van der Waals surface area contributed by atoms with E-state index in [9.17, 15) is 4.79 Å².